The van der Waals surface area contributed by atoms with Crippen LogP contribution >= 0.6 is 0 Å². The second kappa shape index (κ2) is 10.0. The molecule has 6 rings (SSSR count). The van der Waals surface area contributed by atoms with Crippen LogP contribution in [0, 0.1) is 6.92 Å². The zero-order valence-corrected chi connectivity index (χ0v) is 21.5. The minimum atomic E-state index is -0.636. The quantitative estimate of drug-likeness (QED) is 0.152. The van der Waals surface area contributed by atoms with E-state index in [1.807, 2.05) is 25.1 Å². The summed E-state index contributed by atoms with van der Waals surface area (Å²) in [6.07, 6.45) is 0. The Labute approximate surface area is 229 Å². The Morgan fingerprint density at radius 1 is 0.775 bits per heavy atom. The first-order valence-corrected chi connectivity index (χ1v) is 12.7. The maximum atomic E-state index is 13.2. The summed E-state index contributed by atoms with van der Waals surface area (Å²) in [4.78, 5) is 57.3. The molecular weight excluding hydrogens is 504 g/mol. The van der Waals surface area contributed by atoms with Crippen molar-refractivity contribution in [2.75, 3.05) is 11.5 Å². The molecule has 0 atom stereocenters. The van der Waals surface area contributed by atoms with E-state index in [2.05, 4.69) is 0 Å². The number of aryl methyl sites for hydroxylation is 1. The lowest BCUT2D eigenvalue weighted by Crippen LogP contribution is -2.29. The van der Waals surface area contributed by atoms with Crippen LogP contribution in [0.5, 0.6) is 0 Å². The van der Waals surface area contributed by atoms with Crippen LogP contribution in [0.25, 0.3) is 22.2 Å². The number of anilines is 1. The Morgan fingerprint density at radius 2 is 1.40 bits per heavy atom. The molecule has 0 N–H and O–H groups in total. The van der Waals surface area contributed by atoms with E-state index < -0.39 is 5.97 Å². The first-order valence-electron chi connectivity index (χ1n) is 12.7. The molecule has 2 amide bonds. The van der Waals surface area contributed by atoms with Gasteiger partial charge in [-0.15, -0.1) is 0 Å². The summed E-state index contributed by atoms with van der Waals surface area (Å²) in [6.45, 7) is 1.54. The van der Waals surface area contributed by atoms with Crippen molar-refractivity contribution in [3.8, 4) is 11.3 Å². The molecule has 5 aromatic rings. The third kappa shape index (κ3) is 4.43. The first kappa shape index (κ1) is 24.9. The highest BCUT2D eigenvalue weighted by molar-refractivity contribution is 6.34. The molecule has 194 valence electrons. The van der Waals surface area contributed by atoms with Gasteiger partial charge in [0.1, 0.15) is 0 Å². The number of aromatic nitrogens is 1. The summed E-state index contributed by atoms with van der Waals surface area (Å²) in [5.74, 6) is -1.68. The number of ketones is 1. The van der Waals surface area contributed by atoms with Crippen LogP contribution in [0.3, 0.4) is 0 Å². The zero-order chi connectivity index (χ0) is 27.8. The molecule has 0 saturated heterocycles. The fraction of sp³-hybridized carbons (Fsp3) is 0.0606. The van der Waals surface area contributed by atoms with Gasteiger partial charge in [0.2, 0.25) is 0 Å². The summed E-state index contributed by atoms with van der Waals surface area (Å²) in [6, 6.07) is 29.4. The zero-order valence-electron chi connectivity index (χ0n) is 21.5. The number of esters is 1. The highest BCUT2D eigenvalue weighted by Crippen LogP contribution is 2.31. The smallest absolute Gasteiger partial charge is 0.339 e. The molecule has 0 bridgehead atoms. The van der Waals surface area contributed by atoms with Gasteiger partial charge in [0.25, 0.3) is 11.8 Å². The highest BCUT2D eigenvalue weighted by Gasteiger charge is 2.36. The van der Waals surface area contributed by atoms with E-state index >= 15 is 0 Å². The lowest BCUT2D eigenvalue weighted by molar-refractivity contribution is 0.0476. The number of nitrogens with zero attached hydrogens (tertiary/aromatic N) is 2. The number of hydrogen-bond donors (Lipinski definition) is 0. The van der Waals surface area contributed by atoms with Gasteiger partial charge in [-0.05, 0) is 43.3 Å². The van der Waals surface area contributed by atoms with Gasteiger partial charge in [0.05, 0.1) is 33.6 Å². The van der Waals surface area contributed by atoms with E-state index in [-0.39, 0.29) is 29.8 Å². The van der Waals surface area contributed by atoms with E-state index in [1.165, 1.54) is 0 Å². The second-order valence-electron chi connectivity index (χ2n) is 9.48. The summed E-state index contributed by atoms with van der Waals surface area (Å²) in [7, 11) is 0. The van der Waals surface area contributed by atoms with E-state index in [1.54, 1.807) is 84.9 Å². The fourth-order valence-corrected chi connectivity index (χ4v) is 4.73. The highest BCUT2D eigenvalue weighted by atomic mass is 16.5. The van der Waals surface area contributed by atoms with Crippen LogP contribution in [0.1, 0.15) is 47.0 Å². The van der Waals surface area contributed by atoms with Crippen molar-refractivity contribution in [1.82, 2.24) is 4.98 Å². The molecule has 2 heterocycles. The van der Waals surface area contributed by atoms with Gasteiger partial charge in [-0.3, -0.25) is 14.4 Å². The Bertz CT molecular complexity index is 1790. The van der Waals surface area contributed by atoms with Crippen LogP contribution in [0.2, 0.25) is 0 Å². The van der Waals surface area contributed by atoms with Gasteiger partial charge in [0.15, 0.2) is 12.4 Å². The Hall–Kier alpha value is -5.43. The molecule has 0 unspecified atom stereocenters. The minimum absolute atomic E-state index is 0.279. The number of carbonyl (C=O) groups excluding carboxylic acids is 4. The van der Waals surface area contributed by atoms with E-state index in [0.717, 1.165) is 10.5 Å². The van der Waals surface area contributed by atoms with Crippen LogP contribution in [-0.2, 0) is 4.74 Å². The number of para-hydroxylation sites is 1. The molecule has 1 aliphatic rings. The third-order valence-electron chi connectivity index (χ3n) is 6.86. The minimum Gasteiger partial charge on any atom is -0.454 e. The summed E-state index contributed by atoms with van der Waals surface area (Å²) >= 11 is 0. The molecule has 0 saturated carbocycles. The van der Waals surface area contributed by atoms with Crippen molar-refractivity contribution in [3.05, 3.63) is 131 Å². The monoisotopic (exact) mass is 526 g/mol. The number of hydrogen-bond acceptors (Lipinski definition) is 6. The summed E-state index contributed by atoms with van der Waals surface area (Å²) in [5.41, 5.74) is 4.72. The molecule has 0 spiro atoms. The average molecular weight is 527 g/mol. The predicted octanol–water partition coefficient (Wildman–Crippen LogP) is 6.05. The number of ether oxygens (including phenoxy) is 1. The van der Waals surface area contributed by atoms with Gasteiger partial charge in [0, 0.05) is 16.5 Å². The molecule has 7 nitrogen and oxygen atoms in total. The molecule has 7 heteroatoms. The third-order valence-corrected chi connectivity index (χ3v) is 6.86. The predicted molar refractivity (Wildman–Crippen MR) is 151 cm³/mol. The van der Waals surface area contributed by atoms with E-state index in [0.29, 0.717) is 44.5 Å². The number of rotatable bonds is 6. The largest absolute Gasteiger partial charge is 0.454 e. The summed E-state index contributed by atoms with van der Waals surface area (Å²) in [5, 5.41) is 0.599. The lowest BCUT2D eigenvalue weighted by Gasteiger charge is -2.15. The molecule has 1 aliphatic heterocycles. The lowest BCUT2D eigenvalue weighted by atomic mass is 10.0. The maximum Gasteiger partial charge on any atom is 0.339 e. The molecule has 0 aliphatic carbocycles. The Kier molecular flexibility index (Phi) is 6.24. The molecular formula is C33H22N2O5. The number of pyridine rings is 1. The van der Waals surface area contributed by atoms with E-state index in [9.17, 15) is 19.2 Å². The summed E-state index contributed by atoms with van der Waals surface area (Å²) < 4.78 is 5.42. The number of imide groups is 1. The van der Waals surface area contributed by atoms with Crippen molar-refractivity contribution in [1.29, 1.82) is 0 Å². The number of fused-ring (bicyclic) bond motifs is 2. The van der Waals surface area contributed by atoms with Crippen LogP contribution in [0.15, 0.2) is 103 Å². The topological polar surface area (TPSA) is 93.6 Å². The van der Waals surface area contributed by atoms with Crippen molar-refractivity contribution < 1.29 is 23.9 Å². The normalized spacial score (nSPS) is 12.5. The standard InChI is InChI=1S/C33H22N2O5/c1-20-10-12-22(13-11-20)30(36)19-40-33(39)27-18-29(34-28-9-5-4-6-24(27)28)21-14-16-23(17-15-21)35-31(37)25-7-2-3-8-26(25)32(35)38/h2-18H,19H2,1H3. The first-order chi connectivity index (χ1) is 19.4. The fourth-order valence-electron chi connectivity index (χ4n) is 4.73. The van der Waals surface area contributed by atoms with Crippen molar-refractivity contribution in [2.24, 2.45) is 0 Å². The number of Topliss-reactive ketones (excluding diaryl/α,β-unsaturated/α-hetero) is 1. The van der Waals surface area contributed by atoms with Crippen LogP contribution in [-0.4, -0.2) is 35.2 Å². The van der Waals surface area contributed by atoms with E-state index in [4.69, 9.17) is 9.72 Å². The number of carbonyl (C=O) groups is 4. The Balaban J connectivity index is 1.27. The van der Waals surface area contributed by atoms with Crippen LogP contribution < -0.4 is 4.90 Å². The van der Waals surface area contributed by atoms with Crippen molar-refractivity contribution >= 4 is 40.2 Å². The van der Waals surface area contributed by atoms with Gasteiger partial charge >= 0.3 is 5.97 Å². The van der Waals surface area contributed by atoms with Gasteiger partial charge < -0.3 is 4.74 Å². The maximum absolute atomic E-state index is 13.2. The SMILES string of the molecule is Cc1ccc(C(=O)COC(=O)c2cc(-c3ccc(N4C(=O)c5ccccc5C4=O)cc3)nc3ccccc23)cc1. The van der Waals surface area contributed by atoms with Crippen molar-refractivity contribution in [2.45, 2.75) is 6.92 Å². The molecule has 40 heavy (non-hydrogen) atoms. The van der Waals surface area contributed by atoms with Crippen molar-refractivity contribution in [3.63, 3.8) is 0 Å². The Morgan fingerprint density at radius 3 is 2.08 bits per heavy atom. The van der Waals surface area contributed by atoms with Gasteiger partial charge in [-0.25, -0.2) is 14.7 Å². The molecule has 1 aromatic heterocycles. The molecule has 0 radical (unpaired) electrons. The van der Waals surface area contributed by atoms with Crippen LogP contribution in [0.4, 0.5) is 5.69 Å². The second-order valence-corrected chi connectivity index (χ2v) is 9.48. The van der Waals surface area contributed by atoms with Gasteiger partial charge in [-0.2, -0.15) is 0 Å². The average Bonchev–Trinajstić information content (AvgIpc) is 3.25. The molecule has 4 aromatic carbocycles. The van der Waals surface area contributed by atoms with Gasteiger partial charge in [-0.1, -0.05) is 72.3 Å². The number of amides is 2. The molecule has 0 fully saturated rings. The number of benzene rings is 4.